The zero-order valence-corrected chi connectivity index (χ0v) is 15.7. The van der Waals surface area contributed by atoms with Crippen LogP contribution in [-0.2, 0) is 4.79 Å². The highest BCUT2D eigenvalue weighted by Crippen LogP contribution is 2.28. The number of nitrogens with one attached hydrogen (secondary N) is 1. The van der Waals surface area contributed by atoms with E-state index in [-0.39, 0.29) is 11.9 Å². The van der Waals surface area contributed by atoms with Crippen LogP contribution in [0.3, 0.4) is 0 Å². The van der Waals surface area contributed by atoms with Crippen LogP contribution in [0.25, 0.3) is 0 Å². The number of carbonyl (C=O) groups excluding carboxylic acids is 1. The van der Waals surface area contributed by atoms with E-state index in [1.165, 1.54) is 0 Å². The number of hydrogen-bond donors (Lipinski definition) is 1. The van der Waals surface area contributed by atoms with Crippen molar-refractivity contribution in [2.24, 2.45) is 0 Å². The minimum atomic E-state index is -0.298. The Hall–Kier alpha value is -2.11. The smallest absolute Gasteiger partial charge is 0.242 e. The molecule has 1 aliphatic heterocycles. The highest BCUT2D eigenvalue weighted by Gasteiger charge is 2.29. The van der Waals surface area contributed by atoms with Crippen LogP contribution >= 0.6 is 11.6 Å². The third-order valence-corrected chi connectivity index (χ3v) is 4.86. The Morgan fingerprint density at radius 3 is 2.81 bits per heavy atom. The Balaban J connectivity index is 1.58. The second kappa shape index (κ2) is 9.01. The molecule has 1 saturated heterocycles. The van der Waals surface area contributed by atoms with Crippen LogP contribution in [-0.4, -0.2) is 42.0 Å². The van der Waals surface area contributed by atoms with Crippen LogP contribution in [0.1, 0.15) is 30.0 Å². The average Bonchev–Trinajstić information content (AvgIpc) is 3.16. The number of likely N-dealkylation sites (tertiary alicyclic amines) is 1. The number of benzene rings is 1. The number of aromatic nitrogens is 1. The second-order valence-electron chi connectivity index (χ2n) is 6.46. The fourth-order valence-electron chi connectivity index (χ4n) is 3.29. The second-order valence-corrected chi connectivity index (χ2v) is 6.86. The first-order chi connectivity index (χ1) is 12.7. The third kappa shape index (κ3) is 4.54. The lowest BCUT2D eigenvalue weighted by Crippen LogP contribution is -2.40. The lowest BCUT2D eigenvalue weighted by Gasteiger charge is -2.26. The number of halogens is 1. The van der Waals surface area contributed by atoms with Gasteiger partial charge in [0, 0.05) is 12.4 Å². The predicted octanol–water partition coefficient (Wildman–Crippen LogP) is 3.38. The van der Waals surface area contributed by atoms with E-state index in [1.807, 2.05) is 31.2 Å². The van der Waals surface area contributed by atoms with E-state index in [0.29, 0.717) is 23.9 Å². The fourth-order valence-corrected chi connectivity index (χ4v) is 3.57. The number of rotatable bonds is 7. The van der Waals surface area contributed by atoms with Gasteiger partial charge >= 0.3 is 0 Å². The molecule has 1 fully saturated rings. The summed E-state index contributed by atoms with van der Waals surface area (Å²) in [4.78, 5) is 19.2. The first-order valence-electron chi connectivity index (χ1n) is 8.96. The van der Waals surface area contributed by atoms with Crippen molar-refractivity contribution in [2.75, 3.05) is 26.2 Å². The molecule has 0 aliphatic carbocycles. The number of nitrogens with zero attached hydrogens (tertiary/aromatic N) is 2. The molecule has 0 bridgehead atoms. The van der Waals surface area contributed by atoms with Gasteiger partial charge in [-0.3, -0.25) is 14.7 Å². The maximum atomic E-state index is 12.8. The highest BCUT2D eigenvalue weighted by atomic mass is 35.5. The zero-order valence-electron chi connectivity index (χ0n) is 15.0. The molecule has 1 aliphatic rings. The average molecular weight is 374 g/mol. The van der Waals surface area contributed by atoms with Gasteiger partial charge in [0.15, 0.2) is 0 Å². The number of pyridine rings is 1. The summed E-state index contributed by atoms with van der Waals surface area (Å²) in [7, 11) is 0. The number of carbonyl (C=O) groups is 1. The summed E-state index contributed by atoms with van der Waals surface area (Å²) in [5.74, 6) is 0.658. The molecule has 2 heterocycles. The Morgan fingerprint density at radius 1 is 1.31 bits per heavy atom. The van der Waals surface area contributed by atoms with Gasteiger partial charge in [-0.25, -0.2) is 0 Å². The lowest BCUT2D eigenvalue weighted by atomic mass is 10.1. The van der Waals surface area contributed by atoms with Gasteiger partial charge in [0.2, 0.25) is 5.91 Å². The molecule has 0 saturated carbocycles. The summed E-state index contributed by atoms with van der Waals surface area (Å²) in [6.07, 6.45) is 5.74. The maximum Gasteiger partial charge on any atom is 0.242 e. The van der Waals surface area contributed by atoms with Crippen molar-refractivity contribution in [1.82, 2.24) is 15.2 Å². The number of aryl methyl sites for hydroxylation is 1. The van der Waals surface area contributed by atoms with E-state index in [0.717, 1.165) is 37.1 Å². The normalized spacial score (nSPS) is 15.6. The van der Waals surface area contributed by atoms with Gasteiger partial charge in [-0.15, -0.1) is 0 Å². The molecule has 1 amide bonds. The van der Waals surface area contributed by atoms with E-state index in [4.69, 9.17) is 16.3 Å². The van der Waals surface area contributed by atoms with E-state index in [1.54, 1.807) is 18.5 Å². The largest absolute Gasteiger partial charge is 0.490 e. The SMILES string of the molecule is Cc1cccc(Cl)c1OCCNC(=O)[C@@H](c1cccnc1)N1CCCC1. The van der Waals surface area contributed by atoms with Crippen LogP contribution in [0.15, 0.2) is 42.7 Å². The van der Waals surface area contributed by atoms with Gasteiger partial charge in [-0.05, 0) is 56.1 Å². The number of para-hydroxylation sites is 1. The third-order valence-electron chi connectivity index (χ3n) is 4.57. The van der Waals surface area contributed by atoms with Crippen LogP contribution in [0.4, 0.5) is 0 Å². The minimum Gasteiger partial charge on any atom is -0.490 e. The summed E-state index contributed by atoms with van der Waals surface area (Å²) in [5, 5.41) is 3.58. The van der Waals surface area contributed by atoms with Crippen molar-refractivity contribution >= 4 is 17.5 Å². The van der Waals surface area contributed by atoms with Crippen molar-refractivity contribution in [1.29, 1.82) is 0 Å². The topological polar surface area (TPSA) is 54.5 Å². The van der Waals surface area contributed by atoms with Gasteiger partial charge in [0.1, 0.15) is 18.4 Å². The van der Waals surface area contributed by atoms with Crippen molar-refractivity contribution in [3.8, 4) is 5.75 Å². The number of hydrogen-bond acceptors (Lipinski definition) is 4. The fraction of sp³-hybridized carbons (Fsp3) is 0.400. The van der Waals surface area contributed by atoms with E-state index >= 15 is 0 Å². The minimum absolute atomic E-state index is 0.0145. The molecule has 26 heavy (non-hydrogen) atoms. The van der Waals surface area contributed by atoms with Gasteiger partial charge in [-0.2, -0.15) is 0 Å². The van der Waals surface area contributed by atoms with Crippen molar-refractivity contribution < 1.29 is 9.53 Å². The van der Waals surface area contributed by atoms with E-state index in [2.05, 4.69) is 15.2 Å². The van der Waals surface area contributed by atoms with E-state index in [9.17, 15) is 4.79 Å². The van der Waals surface area contributed by atoms with Gasteiger partial charge in [0.05, 0.1) is 11.6 Å². The monoisotopic (exact) mass is 373 g/mol. The summed E-state index contributed by atoms with van der Waals surface area (Å²) >= 11 is 6.16. The van der Waals surface area contributed by atoms with Crippen LogP contribution in [0.5, 0.6) is 5.75 Å². The Labute approximate surface area is 159 Å². The molecule has 2 aromatic rings. The summed E-state index contributed by atoms with van der Waals surface area (Å²) in [6.45, 7) is 4.61. The molecule has 1 N–H and O–H groups in total. The molecular formula is C20H24ClN3O2. The van der Waals surface area contributed by atoms with Gasteiger partial charge in [-0.1, -0.05) is 29.8 Å². The quantitative estimate of drug-likeness (QED) is 0.756. The molecule has 1 aromatic carbocycles. The maximum absolute atomic E-state index is 12.8. The summed E-state index contributed by atoms with van der Waals surface area (Å²) < 4.78 is 5.76. The van der Waals surface area contributed by atoms with E-state index < -0.39 is 0 Å². The molecule has 0 spiro atoms. The first-order valence-corrected chi connectivity index (χ1v) is 9.34. The summed E-state index contributed by atoms with van der Waals surface area (Å²) in [5.41, 5.74) is 1.91. The van der Waals surface area contributed by atoms with Crippen molar-refractivity contribution in [3.63, 3.8) is 0 Å². The highest BCUT2D eigenvalue weighted by molar-refractivity contribution is 6.32. The molecule has 0 unspecified atom stereocenters. The van der Waals surface area contributed by atoms with Gasteiger partial charge in [0.25, 0.3) is 0 Å². The number of ether oxygens (including phenoxy) is 1. The lowest BCUT2D eigenvalue weighted by molar-refractivity contribution is -0.126. The predicted molar refractivity (Wildman–Crippen MR) is 102 cm³/mol. The Morgan fingerprint density at radius 2 is 2.12 bits per heavy atom. The van der Waals surface area contributed by atoms with Crippen LogP contribution in [0.2, 0.25) is 5.02 Å². The van der Waals surface area contributed by atoms with Gasteiger partial charge < -0.3 is 10.1 Å². The molecule has 1 atom stereocenters. The molecule has 138 valence electrons. The first kappa shape index (κ1) is 18.7. The van der Waals surface area contributed by atoms with Crippen molar-refractivity contribution in [2.45, 2.75) is 25.8 Å². The molecule has 0 radical (unpaired) electrons. The Bertz CT molecular complexity index is 713. The summed E-state index contributed by atoms with van der Waals surface area (Å²) in [6, 6.07) is 9.17. The number of amides is 1. The van der Waals surface area contributed by atoms with Crippen LogP contribution < -0.4 is 10.1 Å². The van der Waals surface area contributed by atoms with Crippen LogP contribution in [0, 0.1) is 6.92 Å². The molecule has 1 aromatic heterocycles. The molecular weight excluding hydrogens is 350 g/mol. The molecule has 5 nitrogen and oxygen atoms in total. The standard InChI is InChI=1S/C20H24ClN3O2/c1-15-6-4-8-17(21)19(15)26-13-10-23-20(25)18(24-11-2-3-12-24)16-7-5-9-22-14-16/h4-9,14,18H,2-3,10-13H2,1H3,(H,23,25)/t18-/m1/s1. The van der Waals surface area contributed by atoms with Crippen molar-refractivity contribution in [3.05, 3.63) is 58.9 Å². The Kier molecular flexibility index (Phi) is 6.47. The molecule has 3 rings (SSSR count). The molecule has 6 heteroatoms. The zero-order chi connectivity index (χ0) is 18.4.